The van der Waals surface area contributed by atoms with Crippen molar-refractivity contribution >= 4 is 11.6 Å². The van der Waals surface area contributed by atoms with Crippen LogP contribution in [0.15, 0.2) is 42.5 Å². The van der Waals surface area contributed by atoms with E-state index in [1.54, 1.807) is 12.1 Å². The minimum atomic E-state index is -0.823. The molecule has 0 saturated carbocycles. The van der Waals surface area contributed by atoms with E-state index in [0.29, 0.717) is 11.8 Å². The van der Waals surface area contributed by atoms with Crippen LogP contribution in [0, 0.1) is 11.6 Å². The Morgan fingerprint density at radius 2 is 1.86 bits per heavy atom. The van der Waals surface area contributed by atoms with Gasteiger partial charge in [0.25, 0.3) is 5.91 Å². The summed E-state index contributed by atoms with van der Waals surface area (Å²) in [6.45, 7) is 1.79. The van der Waals surface area contributed by atoms with Crippen LogP contribution < -0.4 is 10.1 Å². The van der Waals surface area contributed by atoms with Crippen molar-refractivity contribution in [3.8, 4) is 5.75 Å². The van der Waals surface area contributed by atoms with Gasteiger partial charge in [-0.1, -0.05) is 19.1 Å². The SMILES string of the molecule is CCc1ccc(OCC(=O)Nc2ccc(F)cc2F)cc1. The van der Waals surface area contributed by atoms with Crippen molar-refractivity contribution in [1.29, 1.82) is 0 Å². The lowest BCUT2D eigenvalue weighted by Gasteiger charge is -2.08. The van der Waals surface area contributed by atoms with E-state index in [1.807, 2.05) is 19.1 Å². The fourth-order valence-corrected chi connectivity index (χ4v) is 1.75. The first-order valence-electron chi connectivity index (χ1n) is 6.55. The normalized spacial score (nSPS) is 10.2. The van der Waals surface area contributed by atoms with Gasteiger partial charge in [-0.3, -0.25) is 4.79 Å². The third-order valence-electron chi connectivity index (χ3n) is 2.91. The Kier molecular flexibility index (Phi) is 4.87. The molecule has 0 aliphatic carbocycles. The topological polar surface area (TPSA) is 38.3 Å². The number of nitrogens with one attached hydrogen (secondary N) is 1. The maximum Gasteiger partial charge on any atom is 0.262 e. The van der Waals surface area contributed by atoms with Gasteiger partial charge in [-0.2, -0.15) is 0 Å². The van der Waals surface area contributed by atoms with E-state index in [2.05, 4.69) is 5.32 Å². The summed E-state index contributed by atoms with van der Waals surface area (Å²) in [6, 6.07) is 10.3. The standard InChI is InChI=1S/C16H15F2NO2/c1-2-11-3-6-13(7-4-11)21-10-16(20)19-15-8-5-12(17)9-14(15)18/h3-9H,2,10H2,1H3,(H,19,20). The number of ether oxygens (including phenoxy) is 1. The summed E-state index contributed by atoms with van der Waals surface area (Å²) in [7, 11) is 0. The Balaban J connectivity index is 1.89. The molecule has 110 valence electrons. The highest BCUT2D eigenvalue weighted by Gasteiger charge is 2.08. The highest BCUT2D eigenvalue weighted by Crippen LogP contribution is 2.15. The summed E-state index contributed by atoms with van der Waals surface area (Å²) in [5.74, 6) is -1.48. The van der Waals surface area contributed by atoms with Gasteiger partial charge in [0, 0.05) is 6.07 Å². The lowest BCUT2D eigenvalue weighted by atomic mass is 10.2. The van der Waals surface area contributed by atoms with Crippen molar-refractivity contribution in [1.82, 2.24) is 0 Å². The Labute approximate surface area is 121 Å². The predicted molar refractivity (Wildman–Crippen MR) is 76.3 cm³/mol. The van der Waals surface area contributed by atoms with Crippen molar-refractivity contribution in [2.45, 2.75) is 13.3 Å². The number of halogens is 2. The van der Waals surface area contributed by atoms with Gasteiger partial charge < -0.3 is 10.1 Å². The van der Waals surface area contributed by atoms with E-state index < -0.39 is 17.5 Å². The van der Waals surface area contributed by atoms with Gasteiger partial charge in [-0.15, -0.1) is 0 Å². The number of hydrogen-bond donors (Lipinski definition) is 1. The second kappa shape index (κ2) is 6.83. The van der Waals surface area contributed by atoms with E-state index in [4.69, 9.17) is 4.74 Å². The molecule has 21 heavy (non-hydrogen) atoms. The summed E-state index contributed by atoms with van der Waals surface area (Å²) in [4.78, 5) is 11.6. The number of amides is 1. The zero-order valence-electron chi connectivity index (χ0n) is 11.5. The van der Waals surface area contributed by atoms with E-state index in [9.17, 15) is 13.6 Å². The van der Waals surface area contributed by atoms with Gasteiger partial charge in [0.2, 0.25) is 0 Å². The van der Waals surface area contributed by atoms with Crippen molar-refractivity contribution in [3.05, 3.63) is 59.7 Å². The molecule has 3 nitrogen and oxygen atoms in total. The minimum absolute atomic E-state index is 0.0775. The number of aryl methyl sites for hydroxylation is 1. The third kappa shape index (κ3) is 4.27. The quantitative estimate of drug-likeness (QED) is 0.915. The zero-order chi connectivity index (χ0) is 15.2. The Morgan fingerprint density at radius 1 is 1.14 bits per heavy atom. The zero-order valence-corrected chi connectivity index (χ0v) is 11.5. The predicted octanol–water partition coefficient (Wildman–Crippen LogP) is 3.54. The molecule has 0 bridgehead atoms. The maximum atomic E-state index is 13.4. The van der Waals surface area contributed by atoms with Gasteiger partial charge in [0.15, 0.2) is 6.61 Å². The molecule has 0 heterocycles. The van der Waals surface area contributed by atoms with E-state index >= 15 is 0 Å². The molecule has 2 aromatic rings. The lowest BCUT2D eigenvalue weighted by molar-refractivity contribution is -0.118. The number of anilines is 1. The van der Waals surface area contributed by atoms with Gasteiger partial charge in [0.1, 0.15) is 17.4 Å². The first-order chi connectivity index (χ1) is 10.1. The van der Waals surface area contributed by atoms with Crippen LogP contribution in [0.3, 0.4) is 0 Å². The van der Waals surface area contributed by atoms with Crippen molar-refractivity contribution in [2.75, 3.05) is 11.9 Å². The molecule has 0 spiro atoms. The van der Waals surface area contributed by atoms with Crippen LogP contribution >= 0.6 is 0 Å². The van der Waals surface area contributed by atoms with Crippen molar-refractivity contribution in [3.63, 3.8) is 0 Å². The van der Waals surface area contributed by atoms with E-state index in [-0.39, 0.29) is 12.3 Å². The first-order valence-corrected chi connectivity index (χ1v) is 6.55. The van der Waals surface area contributed by atoms with Gasteiger partial charge in [-0.05, 0) is 36.2 Å². The maximum absolute atomic E-state index is 13.4. The molecule has 0 atom stereocenters. The molecule has 0 aliphatic heterocycles. The molecular weight excluding hydrogens is 276 g/mol. The van der Waals surface area contributed by atoms with Crippen LogP contribution in [0.2, 0.25) is 0 Å². The highest BCUT2D eigenvalue weighted by molar-refractivity contribution is 5.91. The smallest absolute Gasteiger partial charge is 0.262 e. The molecule has 2 aromatic carbocycles. The van der Waals surface area contributed by atoms with Crippen molar-refractivity contribution < 1.29 is 18.3 Å². The van der Waals surface area contributed by atoms with E-state index in [1.165, 1.54) is 11.6 Å². The Hall–Kier alpha value is -2.43. The summed E-state index contributed by atoms with van der Waals surface area (Å²) < 4.78 is 31.4. The van der Waals surface area contributed by atoms with Gasteiger partial charge >= 0.3 is 0 Å². The second-order valence-corrected chi connectivity index (χ2v) is 4.46. The monoisotopic (exact) mass is 291 g/mol. The molecule has 5 heteroatoms. The second-order valence-electron chi connectivity index (χ2n) is 4.46. The molecule has 0 unspecified atom stereocenters. The molecule has 0 radical (unpaired) electrons. The molecule has 1 amide bonds. The Bertz CT molecular complexity index is 627. The summed E-state index contributed by atoms with van der Waals surface area (Å²) in [6.07, 6.45) is 0.921. The molecular formula is C16H15F2NO2. The summed E-state index contributed by atoms with van der Waals surface area (Å²) >= 11 is 0. The van der Waals surface area contributed by atoms with Crippen LogP contribution in [0.1, 0.15) is 12.5 Å². The average molecular weight is 291 g/mol. The lowest BCUT2D eigenvalue weighted by Crippen LogP contribution is -2.20. The molecule has 0 aliphatic rings. The number of rotatable bonds is 5. The third-order valence-corrected chi connectivity index (χ3v) is 2.91. The molecule has 0 aromatic heterocycles. The number of benzene rings is 2. The van der Waals surface area contributed by atoms with Crippen LogP contribution in [-0.4, -0.2) is 12.5 Å². The van der Waals surface area contributed by atoms with Gasteiger partial charge in [0.05, 0.1) is 5.69 Å². The fourth-order valence-electron chi connectivity index (χ4n) is 1.75. The van der Waals surface area contributed by atoms with Crippen LogP contribution in [0.5, 0.6) is 5.75 Å². The number of hydrogen-bond acceptors (Lipinski definition) is 2. The van der Waals surface area contributed by atoms with Crippen LogP contribution in [0.25, 0.3) is 0 Å². The first kappa shape index (κ1) is 15.0. The van der Waals surface area contributed by atoms with Gasteiger partial charge in [-0.25, -0.2) is 8.78 Å². The number of carbonyl (C=O) groups excluding carboxylic acids is 1. The number of carbonyl (C=O) groups is 1. The van der Waals surface area contributed by atoms with Crippen molar-refractivity contribution in [2.24, 2.45) is 0 Å². The fraction of sp³-hybridized carbons (Fsp3) is 0.188. The van der Waals surface area contributed by atoms with E-state index in [0.717, 1.165) is 12.5 Å². The summed E-state index contributed by atoms with van der Waals surface area (Å²) in [5.41, 5.74) is 1.09. The van der Waals surface area contributed by atoms with Crippen LogP contribution in [0.4, 0.5) is 14.5 Å². The molecule has 2 rings (SSSR count). The van der Waals surface area contributed by atoms with Crippen LogP contribution in [-0.2, 0) is 11.2 Å². The largest absolute Gasteiger partial charge is 0.484 e. The minimum Gasteiger partial charge on any atom is -0.484 e. The molecule has 1 N–H and O–H groups in total. The highest BCUT2D eigenvalue weighted by atomic mass is 19.1. The average Bonchev–Trinajstić information content (AvgIpc) is 2.48. The molecule has 0 fully saturated rings. The molecule has 0 saturated heterocycles. The summed E-state index contributed by atoms with van der Waals surface area (Å²) in [5, 5.41) is 2.32. The Morgan fingerprint density at radius 3 is 2.48 bits per heavy atom.